The first-order chi connectivity index (χ1) is 7.66. The predicted molar refractivity (Wildman–Crippen MR) is 58.9 cm³/mol. The number of phenolic OH excluding ortho intramolecular Hbond substituents is 1. The first-order valence-electron chi connectivity index (χ1n) is 5.53. The van der Waals surface area contributed by atoms with E-state index in [9.17, 15) is 9.90 Å². The van der Waals surface area contributed by atoms with Crippen LogP contribution in [0, 0.1) is 0 Å². The molecular formula is C12H14N2O2. The first-order valence-corrected chi connectivity index (χ1v) is 5.53. The Morgan fingerprint density at radius 1 is 1.44 bits per heavy atom. The topological polar surface area (TPSA) is 66.6 Å². The average Bonchev–Trinajstić information content (AvgIpc) is 2.54. The quantitative estimate of drug-likeness (QED) is 0.668. The fraction of sp³-hybridized carbons (Fsp3) is 0.417. The molecule has 2 heterocycles. The molecule has 0 aliphatic carbocycles. The zero-order valence-electron chi connectivity index (χ0n) is 8.89. The predicted octanol–water partition coefficient (Wildman–Crippen LogP) is 0.549. The highest BCUT2D eigenvalue weighted by Crippen LogP contribution is 2.38. The van der Waals surface area contributed by atoms with E-state index in [-0.39, 0.29) is 23.7 Å². The maximum Gasteiger partial charge on any atom is 0.224 e. The van der Waals surface area contributed by atoms with Crippen LogP contribution in [0.25, 0.3) is 0 Å². The molecule has 0 aromatic heterocycles. The summed E-state index contributed by atoms with van der Waals surface area (Å²) >= 11 is 0. The summed E-state index contributed by atoms with van der Waals surface area (Å²) in [4.78, 5) is 13.6. The number of phenols is 1. The minimum atomic E-state index is -0.115. The standard InChI is InChI=1S/C12H14N2O2/c13-10-6-11(16)14-4-3-7-5-8(15)1-2-9(7)12(10)14/h1-2,5,10,12,15H,3-4,6,13H2. The number of nitrogens with zero attached hydrogens (tertiary/aromatic N) is 1. The van der Waals surface area contributed by atoms with Crippen LogP contribution in [-0.2, 0) is 11.2 Å². The second-order valence-electron chi connectivity index (χ2n) is 4.53. The molecule has 0 saturated carbocycles. The van der Waals surface area contributed by atoms with Crippen LogP contribution in [0.5, 0.6) is 5.75 Å². The van der Waals surface area contributed by atoms with E-state index in [0.29, 0.717) is 13.0 Å². The zero-order chi connectivity index (χ0) is 11.3. The summed E-state index contributed by atoms with van der Waals surface area (Å²) < 4.78 is 0. The molecule has 84 valence electrons. The summed E-state index contributed by atoms with van der Waals surface area (Å²) in [5.74, 6) is 0.432. The van der Waals surface area contributed by atoms with Crippen molar-refractivity contribution in [3.8, 4) is 5.75 Å². The molecule has 2 unspecified atom stereocenters. The van der Waals surface area contributed by atoms with E-state index in [1.807, 2.05) is 11.0 Å². The molecule has 3 rings (SSSR count). The molecule has 0 bridgehead atoms. The molecule has 2 aliphatic heterocycles. The van der Waals surface area contributed by atoms with E-state index in [4.69, 9.17) is 5.73 Å². The fourth-order valence-electron chi connectivity index (χ4n) is 2.82. The Kier molecular flexibility index (Phi) is 1.94. The summed E-state index contributed by atoms with van der Waals surface area (Å²) in [7, 11) is 0. The Morgan fingerprint density at radius 2 is 2.25 bits per heavy atom. The van der Waals surface area contributed by atoms with Crippen molar-refractivity contribution >= 4 is 5.91 Å². The van der Waals surface area contributed by atoms with Crippen molar-refractivity contribution in [2.45, 2.75) is 24.9 Å². The number of hydrogen-bond acceptors (Lipinski definition) is 3. The molecule has 1 fully saturated rings. The van der Waals surface area contributed by atoms with Crippen LogP contribution >= 0.6 is 0 Å². The number of carbonyl (C=O) groups excluding carboxylic acids is 1. The largest absolute Gasteiger partial charge is 0.508 e. The SMILES string of the molecule is NC1CC(=O)N2CCc3cc(O)ccc3C12. The summed E-state index contributed by atoms with van der Waals surface area (Å²) in [5, 5.41) is 9.43. The normalized spacial score (nSPS) is 27.8. The van der Waals surface area contributed by atoms with Crippen molar-refractivity contribution in [2.75, 3.05) is 6.54 Å². The van der Waals surface area contributed by atoms with Gasteiger partial charge in [-0.1, -0.05) is 6.07 Å². The van der Waals surface area contributed by atoms with Gasteiger partial charge in [-0.05, 0) is 29.7 Å². The molecule has 1 amide bonds. The smallest absolute Gasteiger partial charge is 0.224 e. The first kappa shape index (κ1) is 9.66. The third-order valence-electron chi connectivity index (χ3n) is 3.54. The van der Waals surface area contributed by atoms with Gasteiger partial charge in [0.1, 0.15) is 5.75 Å². The van der Waals surface area contributed by atoms with Crippen LogP contribution in [0.15, 0.2) is 18.2 Å². The van der Waals surface area contributed by atoms with Crippen molar-refractivity contribution in [3.63, 3.8) is 0 Å². The lowest BCUT2D eigenvalue weighted by molar-refractivity contribution is -0.129. The lowest BCUT2D eigenvalue weighted by atomic mass is 9.91. The number of nitrogens with two attached hydrogens (primary N) is 1. The van der Waals surface area contributed by atoms with Gasteiger partial charge in [-0.25, -0.2) is 0 Å². The second-order valence-corrected chi connectivity index (χ2v) is 4.53. The van der Waals surface area contributed by atoms with Crippen molar-refractivity contribution in [1.82, 2.24) is 4.90 Å². The molecule has 1 saturated heterocycles. The van der Waals surface area contributed by atoms with Crippen molar-refractivity contribution in [1.29, 1.82) is 0 Å². The van der Waals surface area contributed by atoms with E-state index in [0.717, 1.165) is 17.5 Å². The van der Waals surface area contributed by atoms with Gasteiger partial charge in [0.05, 0.1) is 6.04 Å². The molecule has 2 aliphatic rings. The van der Waals surface area contributed by atoms with Gasteiger partial charge in [0.2, 0.25) is 5.91 Å². The van der Waals surface area contributed by atoms with E-state index in [1.54, 1.807) is 12.1 Å². The maximum atomic E-state index is 11.7. The van der Waals surface area contributed by atoms with E-state index >= 15 is 0 Å². The van der Waals surface area contributed by atoms with E-state index in [1.165, 1.54) is 0 Å². The van der Waals surface area contributed by atoms with E-state index < -0.39 is 0 Å². The highest BCUT2D eigenvalue weighted by Gasteiger charge is 2.41. The zero-order valence-corrected chi connectivity index (χ0v) is 8.89. The third kappa shape index (κ3) is 1.23. The fourth-order valence-corrected chi connectivity index (χ4v) is 2.82. The average molecular weight is 218 g/mol. The summed E-state index contributed by atoms with van der Waals surface area (Å²) in [5.41, 5.74) is 8.22. The highest BCUT2D eigenvalue weighted by atomic mass is 16.3. The number of amides is 1. The van der Waals surface area contributed by atoms with Gasteiger partial charge < -0.3 is 15.7 Å². The summed E-state index contributed by atoms with van der Waals surface area (Å²) in [6.45, 7) is 0.716. The summed E-state index contributed by atoms with van der Waals surface area (Å²) in [6.07, 6.45) is 1.24. The Bertz CT molecular complexity index is 458. The lowest BCUT2D eigenvalue weighted by Gasteiger charge is -2.33. The Morgan fingerprint density at radius 3 is 3.06 bits per heavy atom. The second kappa shape index (κ2) is 3.22. The van der Waals surface area contributed by atoms with E-state index in [2.05, 4.69) is 0 Å². The minimum absolute atomic E-state index is 0.0110. The number of aromatic hydroxyl groups is 1. The van der Waals surface area contributed by atoms with Gasteiger partial charge in [0.15, 0.2) is 0 Å². The van der Waals surface area contributed by atoms with Crippen LogP contribution in [-0.4, -0.2) is 28.5 Å². The van der Waals surface area contributed by atoms with Crippen LogP contribution < -0.4 is 5.73 Å². The maximum absolute atomic E-state index is 11.7. The molecule has 1 aromatic carbocycles. The molecule has 1 aromatic rings. The minimum Gasteiger partial charge on any atom is -0.508 e. The van der Waals surface area contributed by atoms with Gasteiger partial charge in [0, 0.05) is 19.0 Å². The molecule has 16 heavy (non-hydrogen) atoms. The lowest BCUT2D eigenvalue weighted by Crippen LogP contribution is -2.38. The Balaban J connectivity index is 2.09. The molecular weight excluding hydrogens is 204 g/mol. The van der Waals surface area contributed by atoms with Crippen molar-refractivity contribution in [2.24, 2.45) is 5.73 Å². The molecule has 2 atom stereocenters. The van der Waals surface area contributed by atoms with Crippen LogP contribution in [0.1, 0.15) is 23.6 Å². The number of fused-ring (bicyclic) bond motifs is 3. The van der Waals surface area contributed by atoms with Crippen molar-refractivity contribution in [3.05, 3.63) is 29.3 Å². The molecule has 3 N–H and O–H groups in total. The molecule has 4 nitrogen and oxygen atoms in total. The number of hydrogen-bond donors (Lipinski definition) is 2. The van der Waals surface area contributed by atoms with Gasteiger partial charge >= 0.3 is 0 Å². The van der Waals surface area contributed by atoms with Crippen LogP contribution in [0.2, 0.25) is 0 Å². The Labute approximate surface area is 93.7 Å². The van der Waals surface area contributed by atoms with Gasteiger partial charge in [-0.3, -0.25) is 4.79 Å². The Hall–Kier alpha value is -1.55. The third-order valence-corrected chi connectivity index (χ3v) is 3.54. The van der Waals surface area contributed by atoms with Crippen molar-refractivity contribution < 1.29 is 9.90 Å². The number of rotatable bonds is 0. The number of carbonyl (C=O) groups is 1. The number of benzene rings is 1. The molecule has 4 heteroatoms. The van der Waals surface area contributed by atoms with Gasteiger partial charge in [0.25, 0.3) is 0 Å². The molecule has 0 radical (unpaired) electrons. The van der Waals surface area contributed by atoms with Gasteiger partial charge in [-0.15, -0.1) is 0 Å². The van der Waals surface area contributed by atoms with Crippen LogP contribution in [0.3, 0.4) is 0 Å². The van der Waals surface area contributed by atoms with Gasteiger partial charge in [-0.2, -0.15) is 0 Å². The highest BCUT2D eigenvalue weighted by molar-refractivity contribution is 5.81. The van der Waals surface area contributed by atoms with Crippen LogP contribution in [0.4, 0.5) is 0 Å². The summed E-state index contributed by atoms with van der Waals surface area (Å²) in [6, 6.07) is 5.23. The monoisotopic (exact) mass is 218 g/mol. The molecule has 0 spiro atoms.